The first-order chi connectivity index (χ1) is 20.2. The van der Waals surface area contributed by atoms with Gasteiger partial charge in [-0.3, -0.25) is 9.69 Å². The fourth-order valence-electron chi connectivity index (χ4n) is 4.47. The summed E-state index contributed by atoms with van der Waals surface area (Å²) in [5.41, 5.74) is 2.04. The Balaban J connectivity index is 1.60. The number of benzene rings is 3. The van der Waals surface area contributed by atoms with Crippen LogP contribution in [0, 0.1) is 5.82 Å². The molecule has 0 atom stereocenters. The van der Waals surface area contributed by atoms with E-state index >= 15 is 0 Å². The summed E-state index contributed by atoms with van der Waals surface area (Å²) in [5.74, 6) is -0.787. The van der Waals surface area contributed by atoms with Gasteiger partial charge in [-0.15, -0.1) is 5.10 Å². The topological polar surface area (TPSA) is 73.7 Å². The number of halogens is 1. The van der Waals surface area contributed by atoms with Crippen LogP contribution in [0.15, 0.2) is 109 Å². The lowest BCUT2D eigenvalue weighted by atomic mass is 10.1. The van der Waals surface area contributed by atoms with E-state index in [1.54, 1.807) is 32.9 Å². The molecule has 0 bridgehead atoms. The molecule has 0 aliphatic heterocycles. The average Bonchev–Trinajstić information content (AvgIpc) is 3.43. The molecule has 1 aromatic heterocycles. The van der Waals surface area contributed by atoms with Gasteiger partial charge >= 0.3 is 6.09 Å². The number of allylic oxidation sites excluding steroid dienone is 2. The molecule has 4 aromatic rings. The standard InChI is InChI=1S/C34H32FN3O4/c1-34(2,3)42-33(40)38-29(25-15-9-5-10-16-25)22-31(36-38)37(32(39)26-17-11-6-12-18-26)27-19-20-28(35)30(21-27)41-23-24-13-7-4-8-14-24/h4-5,7-11,13-22H,6,12,23H2,1-3H3. The summed E-state index contributed by atoms with van der Waals surface area (Å²) in [5, 5.41) is 4.57. The Bertz CT molecular complexity index is 1640. The van der Waals surface area contributed by atoms with E-state index < -0.39 is 17.5 Å². The molecule has 0 unspecified atom stereocenters. The zero-order valence-corrected chi connectivity index (χ0v) is 23.8. The zero-order chi connectivity index (χ0) is 29.7. The highest BCUT2D eigenvalue weighted by Gasteiger charge is 2.29. The van der Waals surface area contributed by atoms with Gasteiger partial charge in [-0.1, -0.05) is 78.9 Å². The Kier molecular flexibility index (Phi) is 8.33. The monoisotopic (exact) mass is 565 g/mol. The Hall–Kier alpha value is -4.98. The van der Waals surface area contributed by atoms with Gasteiger partial charge in [0, 0.05) is 23.3 Å². The summed E-state index contributed by atoms with van der Waals surface area (Å²) in [6.07, 6.45) is 6.40. The SMILES string of the molecule is CC(C)(C)OC(=O)n1nc(N(C(=O)C2=CCCC=C2)c2ccc(F)c(OCc3ccccc3)c2)cc1-c1ccccc1. The van der Waals surface area contributed by atoms with E-state index in [9.17, 15) is 14.0 Å². The number of aromatic nitrogens is 2. The van der Waals surface area contributed by atoms with Crippen LogP contribution in [0.25, 0.3) is 11.3 Å². The highest BCUT2D eigenvalue weighted by atomic mass is 19.1. The van der Waals surface area contributed by atoms with Gasteiger partial charge in [0.1, 0.15) is 12.2 Å². The molecule has 42 heavy (non-hydrogen) atoms. The van der Waals surface area contributed by atoms with Gasteiger partial charge in [-0.25, -0.2) is 9.18 Å². The highest BCUT2D eigenvalue weighted by Crippen LogP contribution is 2.35. The van der Waals surface area contributed by atoms with Crippen LogP contribution in [0.5, 0.6) is 5.75 Å². The first kappa shape index (κ1) is 28.5. The van der Waals surface area contributed by atoms with Crippen molar-refractivity contribution in [1.82, 2.24) is 9.78 Å². The van der Waals surface area contributed by atoms with E-state index in [1.807, 2.05) is 72.8 Å². The molecule has 0 fully saturated rings. The van der Waals surface area contributed by atoms with Crippen LogP contribution < -0.4 is 9.64 Å². The third-order valence-electron chi connectivity index (χ3n) is 6.42. The summed E-state index contributed by atoms with van der Waals surface area (Å²) >= 11 is 0. The number of carbonyl (C=O) groups excluding carboxylic acids is 2. The second kappa shape index (κ2) is 12.3. The van der Waals surface area contributed by atoms with Crippen molar-refractivity contribution in [2.45, 2.75) is 45.8 Å². The molecule has 1 aliphatic rings. The van der Waals surface area contributed by atoms with Gasteiger partial charge in [-0.05, 0) is 51.3 Å². The van der Waals surface area contributed by atoms with Crippen molar-refractivity contribution in [2.75, 3.05) is 4.90 Å². The molecule has 1 aliphatic carbocycles. The summed E-state index contributed by atoms with van der Waals surface area (Å²) in [6.45, 7) is 5.45. The van der Waals surface area contributed by atoms with E-state index in [2.05, 4.69) is 5.10 Å². The Morgan fingerprint density at radius 3 is 2.33 bits per heavy atom. The molecule has 5 rings (SSSR count). The van der Waals surface area contributed by atoms with E-state index in [-0.39, 0.29) is 24.1 Å². The smallest absolute Gasteiger partial charge is 0.435 e. The molecule has 214 valence electrons. The van der Waals surface area contributed by atoms with Crippen molar-refractivity contribution in [3.05, 3.63) is 120 Å². The predicted molar refractivity (Wildman–Crippen MR) is 160 cm³/mol. The van der Waals surface area contributed by atoms with Crippen molar-refractivity contribution in [3.8, 4) is 17.0 Å². The van der Waals surface area contributed by atoms with Crippen molar-refractivity contribution >= 4 is 23.5 Å². The Labute approximate surface area is 244 Å². The maximum atomic E-state index is 14.9. The average molecular weight is 566 g/mol. The van der Waals surface area contributed by atoms with Crippen LogP contribution in [0.2, 0.25) is 0 Å². The van der Waals surface area contributed by atoms with Gasteiger partial charge < -0.3 is 9.47 Å². The van der Waals surface area contributed by atoms with Crippen LogP contribution in [0.4, 0.5) is 20.7 Å². The number of anilines is 2. The van der Waals surface area contributed by atoms with Gasteiger partial charge in [0.2, 0.25) is 0 Å². The van der Waals surface area contributed by atoms with Gasteiger partial charge in [-0.2, -0.15) is 4.68 Å². The summed E-state index contributed by atoms with van der Waals surface area (Å²) < 4.78 is 27.5. The molecule has 0 spiro atoms. The minimum absolute atomic E-state index is 0.0165. The van der Waals surface area contributed by atoms with E-state index in [0.29, 0.717) is 28.9 Å². The summed E-state index contributed by atoms with van der Waals surface area (Å²) in [4.78, 5) is 28.7. The molecule has 0 radical (unpaired) electrons. The summed E-state index contributed by atoms with van der Waals surface area (Å²) in [6, 6.07) is 24.5. The number of carbonyl (C=O) groups is 2. The molecular weight excluding hydrogens is 533 g/mol. The Morgan fingerprint density at radius 1 is 0.952 bits per heavy atom. The molecule has 1 amide bonds. The molecule has 8 heteroatoms. The van der Waals surface area contributed by atoms with E-state index in [1.165, 1.54) is 23.1 Å². The maximum Gasteiger partial charge on any atom is 0.435 e. The lowest BCUT2D eigenvalue weighted by molar-refractivity contribution is -0.114. The van der Waals surface area contributed by atoms with Crippen LogP contribution in [0.3, 0.4) is 0 Å². The van der Waals surface area contributed by atoms with Gasteiger partial charge in [0.25, 0.3) is 5.91 Å². The molecular formula is C34H32FN3O4. The fraction of sp³-hybridized carbons (Fsp3) is 0.206. The first-order valence-corrected chi connectivity index (χ1v) is 13.8. The molecule has 1 heterocycles. The van der Waals surface area contributed by atoms with Gasteiger partial charge in [0.15, 0.2) is 17.4 Å². The maximum absolute atomic E-state index is 14.9. The minimum atomic E-state index is -0.772. The number of hydrogen-bond donors (Lipinski definition) is 0. The molecule has 7 nitrogen and oxygen atoms in total. The third kappa shape index (κ3) is 6.66. The zero-order valence-electron chi connectivity index (χ0n) is 23.8. The normalized spacial score (nSPS) is 12.9. The highest BCUT2D eigenvalue weighted by molar-refractivity contribution is 6.12. The van der Waals surface area contributed by atoms with Crippen molar-refractivity contribution in [1.29, 1.82) is 0 Å². The predicted octanol–water partition coefficient (Wildman–Crippen LogP) is 7.99. The van der Waals surface area contributed by atoms with Crippen molar-refractivity contribution in [2.24, 2.45) is 0 Å². The molecule has 0 N–H and O–H groups in total. The lowest BCUT2D eigenvalue weighted by Gasteiger charge is -2.23. The van der Waals surface area contributed by atoms with Crippen molar-refractivity contribution < 1.29 is 23.5 Å². The number of rotatable bonds is 7. The van der Waals surface area contributed by atoms with Crippen LogP contribution in [-0.4, -0.2) is 27.4 Å². The number of hydrogen-bond acceptors (Lipinski definition) is 5. The number of nitrogens with zero attached hydrogens (tertiary/aromatic N) is 3. The fourth-order valence-corrected chi connectivity index (χ4v) is 4.47. The molecule has 0 saturated heterocycles. The van der Waals surface area contributed by atoms with Gasteiger partial charge in [0.05, 0.1) is 11.4 Å². The molecule has 3 aromatic carbocycles. The molecule has 0 saturated carbocycles. The number of amides is 1. The van der Waals surface area contributed by atoms with Crippen LogP contribution in [-0.2, 0) is 16.1 Å². The second-order valence-corrected chi connectivity index (χ2v) is 10.8. The summed E-state index contributed by atoms with van der Waals surface area (Å²) in [7, 11) is 0. The second-order valence-electron chi connectivity index (χ2n) is 10.8. The number of ether oxygens (including phenoxy) is 2. The van der Waals surface area contributed by atoms with Crippen LogP contribution >= 0.6 is 0 Å². The minimum Gasteiger partial charge on any atom is -0.486 e. The lowest BCUT2D eigenvalue weighted by Crippen LogP contribution is -2.30. The van der Waals surface area contributed by atoms with E-state index in [4.69, 9.17) is 9.47 Å². The quantitative estimate of drug-likeness (QED) is 0.227. The Morgan fingerprint density at radius 2 is 1.67 bits per heavy atom. The van der Waals surface area contributed by atoms with E-state index in [0.717, 1.165) is 16.7 Å². The van der Waals surface area contributed by atoms with Crippen molar-refractivity contribution in [3.63, 3.8) is 0 Å². The first-order valence-electron chi connectivity index (χ1n) is 13.8. The third-order valence-corrected chi connectivity index (χ3v) is 6.42. The van der Waals surface area contributed by atoms with Crippen LogP contribution in [0.1, 0.15) is 39.2 Å². The largest absolute Gasteiger partial charge is 0.486 e.